The molecule has 0 N–H and O–H groups in total. The Kier molecular flexibility index (Phi) is 6.12. The molecule has 4 rings (SSSR count). The Morgan fingerprint density at radius 2 is 1.63 bits per heavy atom. The summed E-state index contributed by atoms with van der Waals surface area (Å²) in [6.07, 6.45) is 4.06. The number of halogens is 2. The Bertz CT molecular complexity index is 666. The first-order chi connectivity index (χ1) is 13.1. The van der Waals surface area contributed by atoms with Crippen molar-refractivity contribution >= 4 is 34.8 Å². The molecule has 3 aliphatic rings. The van der Waals surface area contributed by atoms with Gasteiger partial charge in [0.2, 0.25) is 5.91 Å². The van der Waals surface area contributed by atoms with Crippen LogP contribution in [0.25, 0.3) is 0 Å². The van der Waals surface area contributed by atoms with Crippen LogP contribution >= 0.6 is 23.2 Å². The Morgan fingerprint density at radius 3 is 2.22 bits per heavy atom. The van der Waals surface area contributed by atoms with E-state index in [-0.39, 0.29) is 5.91 Å². The highest BCUT2D eigenvalue weighted by molar-refractivity contribution is 6.42. The van der Waals surface area contributed by atoms with Gasteiger partial charge in [0.15, 0.2) is 0 Å². The molecule has 7 heteroatoms. The fourth-order valence-corrected chi connectivity index (χ4v) is 4.52. The van der Waals surface area contributed by atoms with E-state index in [1.165, 1.54) is 19.3 Å². The van der Waals surface area contributed by atoms with Crippen LogP contribution in [-0.4, -0.2) is 85.6 Å². The lowest BCUT2D eigenvalue weighted by molar-refractivity contribution is -0.134. The SMILES string of the molecule is O=C(CN1CCN(c2ccc(Cl)c(Cl)c2)CC1)N1CCN(C2CCC2)CC1. The zero-order chi connectivity index (χ0) is 18.8. The molecule has 1 amide bonds. The van der Waals surface area contributed by atoms with Crippen LogP contribution in [0.5, 0.6) is 0 Å². The van der Waals surface area contributed by atoms with Crippen molar-refractivity contribution in [2.75, 3.05) is 63.8 Å². The molecule has 1 saturated carbocycles. The van der Waals surface area contributed by atoms with Gasteiger partial charge >= 0.3 is 0 Å². The maximum Gasteiger partial charge on any atom is 0.236 e. The van der Waals surface area contributed by atoms with Gasteiger partial charge in [0.25, 0.3) is 0 Å². The van der Waals surface area contributed by atoms with Gasteiger partial charge in [-0.15, -0.1) is 0 Å². The normalized spacial score (nSPS) is 22.7. The van der Waals surface area contributed by atoms with Crippen LogP contribution in [0.1, 0.15) is 19.3 Å². The summed E-state index contributed by atoms with van der Waals surface area (Å²) in [6, 6.07) is 6.57. The van der Waals surface area contributed by atoms with Crippen molar-refractivity contribution in [3.63, 3.8) is 0 Å². The summed E-state index contributed by atoms with van der Waals surface area (Å²) in [7, 11) is 0. The fraction of sp³-hybridized carbons (Fsp3) is 0.650. The van der Waals surface area contributed by atoms with Gasteiger partial charge in [-0.2, -0.15) is 0 Å². The highest BCUT2D eigenvalue weighted by atomic mass is 35.5. The van der Waals surface area contributed by atoms with E-state index in [1.54, 1.807) is 0 Å². The predicted molar refractivity (Wildman–Crippen MR) is 111 cm³/mol. The molecule has 0 radical (unpaired) electrons. The number of rotatable bonds is 4. The lowest BCUT2D eigenvalue weighted by Gasteiger charge is -2.43. The lowest BCUT2D eigenvalue weighted by atomic mass is 9.91. The van der Waals surface area contributed by atoms with Crippen LogP contribution < -0.4 is 4.90 Å². The number of carbonyl (C=O) groups excluding carboxylic acids is 1. The third kappa shape index (κ3) is 4.53. The molecule has 2 saturated heterocycles. The first kappa shape index (κ1) is 19.3. The van der Waals surface area contributed by atoms with Crippen LogP contribution in [0.3, 0.4) is 0 Å². The second-order valence-corrected chi connectivity index (χ2v) is 8.68. The van der Waals surface area contributed by atoms with Crippen molar-refractivity contribution in [1.29, 1.82) is 0 Å². The number of anilines is 1. The van der Waals surface area contributed by atoms with Crippen LogP contribution in [0.4, 0.5) is 5.69 Å². The molecule has 3 fully saturated rings. The van der Waals surface area contributed by atoms with Crippen LogP contribution in [0, 0.1) is 0 Å². The smallest absolute Gasteiger partial charge is 0.236 e. The average molecular weight is 411 g/mol. The second-order valence-electron chi connectivity index (χ2n) is 7.86. The number of carbonyl (C=O) groups is 1. The summed E-state index contributed by atoms with van der Waals surface area (Å²) in [5.41, 5.74) is 1.10. The van der Waals surface area contributed by atoms with Crippen LogP contribution in [-0.2, 0) is 4.79 Å². The molecule has 0 atom stereocenters. The average Bonchev–Trinajstić information content (AvgIpc) is 2.64. The minimum absolute atomic E-state index is 0.284. The summed E-state index contributed by atoms with van der Waals surface area (Å²) < 4.78 is 0. The Morgan fingerprint density at radius 1 is 0.926 bits per heavy atom. The molecule has 1 aliphatic carbocycles. The number of piperazine rings is 2. The topological polar surface area (TPSA) is 30.0 Å². The zero-order valence-electron chi connectivity index (χ0n) is 15.7. The van der Waals surface area contributed by atoms with Crippen molar-refractivity contribution < 1.29 is 4.79 Å². The van der Waals surface area contributed by atoms with Gasteiger partial charge in [-0.05, 0) is 31.0 Å². The van der Waals surface area contributed by atoms with Crippen LogP contribution in [0.15, 0.2) is 18.2 Å². The molecule has 2 aliphatic heterocycles. The van der Waals surface area contributed by atoms with Gasteiger partial charge in [-0.1, -0.05) is 29.6 Å². The number of hydrogen-bond acceptors (Lipinski definition) is 4. The van der Waals surface area contributed by atoms with E-state index in [0.29, 0.717) is 16.6 Å². The van der Waals surface area contributed by atoms with Gasteiger partial charge in [-0.3, -0.25) is 14.6 Å². The summed E-state index contributed by atoms with van der Waals surface area (Å²) in [6.45, 7) is 8.00. The highest BCUT2D eigenvalue weighted by Gasteiger charge is 2.30. The standard InChI is InChI=1S/C20H28Cl2N4O/c21-18-5-4-17(14-19(18)22)25-8-6-23(7-9-25)15-20(27)26-12-10-24(11-13-26)16-2-1-3-16/h4-5,14,16H,1-3,6-13,15H2. The van der Waals surface area contributed by atoms with Crippen molar-refractivity contribution in [2.45, 2.75) is 25.3 Å². The van der Waals surface area contributed by atoms with Crippen molar-refractivity contribution in [3.8, 4) is 0 Å². The third-order valence-electron chi connectivity index (χ3n) is 6.26. The van der Waals surface area contributed by atoms with Gasteiger partial charge in [0.1, 0.15) is 0 Å². The van der Waals surface area contributed by atoms with E-state index < -0.39 is 0 Å². The Hall–Kier alpha value is -1.01. The van der Waals surface area contributed by atoms with Crippen molar-refractivity contribution in [2.24, 2.45) is 0 Å². The second kappa shape index (κ2) is 8.56. The molecular formula is C20H28Cl2N4O. The fourth-order valence-electron chi connectivity index (χ4n) is 4.23. The van der Waals surface area contributed by atoms with Gasteiger partial charge in [-0.25, -0.2) is 0 Å². The highest BCUT2D eigenvalue weighted by Crippen LogP contribution is 2.28. The van der Waals surface area contributed by atoms with E-state index in [2.05, 4.69) is 19.6 Å². The first-order valence-corrected chi connectivity index (χ1v) is 10.8. The minimum atomic E-state index is 0.284. The van der Waals surface area contributed by atoms with Crippen LogP contribution in [0.2, 0.25) is 10.0 Å². The maximum atomic E-state index is 12.7. The molecule has 0 aromatic heterocycles. The van der Waals surface area contributed by atoms with Gasteiger partial charge in [0, 0.05) is 64.1 Å². The number of benzene rings is 1. The number of nitrogens with zero attached hydrogens (tertiary/aromatic N) is 4. The van der Waals surface area contributed by atoms with E-state index in [9.17, 15) is 4.79 Å². The molecule has 148 valence electrons. The monoisotopic (exact) mass is 410 g/mol. The van der Waals surface area contributed by atoms with Crippen molar-refractivity contribution in [1.82, 2.24) is 14.7 Å². The van der Waals surface area contributed by atoms with E-state index in [1.807, 2.05) is 18.2 Å². The molecule has 5 nitrogen and oxygen atoms in total. The molecule has 0 spiro atoms. The molecule has 2 heterocycles. The molecule has 0 unspecified atom stereocenters. The summed E-state index contributed by atoms with van der Waals surface area (Å²) >= 11 is 12.1. The predicted octanol–water partition coefficient (Wildman–Crippen LogP) is 2.81. The lowest BCUT2D eigenvalue weighted by Crippen LogP contribution is -2.56. The summed E-state index contributed by atoms with van der Waals surface area (Å²) in [5, 5.41) is 1.18. The minimum Gasteiger partial charge on any atom is -0.369 e. The Labute approximate surface area is 171 Å². The van der Waals surface area contributed by atoms with E-state index in [4.69, 9.17) is 23.2 Å². The third-order valence-corrected chi connectivity index (χ3v) is 7.00. The van der Waals surface area contributed by atoms with E-state index in [0.717, 1.165) is 64.1 Å². The molecular weight excluding hydrogens is 383 g/mol. The number of amides is 1. The zero-order valence-corrected chi connectivity index (χ0v) is 17.3. The molecule has 1 aromatic carbocycles. The van der Waals surface area contributed by atoms with Crippen molar-refractivity contribution in [3.05, 3.63) is 28.2 Å². The summed E-state index contributed by atoms with van der Waals surface area (Å²) in [5.74, 6) is 0.284. The molecule has 27 heavy (non-hydrogen) atoms. The quantitative estimate of drug-likeness (QED) is 0.763. The van der Waals surface area contributed by atoms with Gasteiger partial charge < -0.3 is 9.80 Å². The van der Waals surface area contributed by atoms with Gasteiger partial charge in [0.05, 0.1) is 16.6 Å². The molecule has 0 bridgehead atoms. The largest absolute Gasteiger partial charge is 0.369 e. The Balaban J connectivity index is 1.22. The molecule has 1 aromatic rings. The maximum absolute atomic E-state index is 12.7. The number of hydrogen-bond donors (Lipinski definition) is 0. The van der Waals surface area contributed by atoms with E-state index >= 15 is 0 Å². The summed E-state index contributed by atoms with van der Waals surface area (Å²) in [4.78, 5) is 21.9. The first-order valence-electron chi connectivity index (χ1n) is 10.0.